The monoisotopic (exact) mass is 242 g/mol. The van der Waals surface area contributed by atoms with Gasteiger partial charge in [-0.3, -0.25) is 0 Å². The van der Waals surface area contributed by atoms with Gasteiger partial charge in [0.25, 0.3) is 0 Å². The first-order chi connectivity index (χ1) is 7.47. The van der Waals surface area contributed by atoms with Crippen molar-refractivity contribution in [2.75, 3.05) is 12.0 Å². The molecule has 1 rings (SSSR count). The van der Waals surface area contributed by atoms with Gasteiger partial charge in [0.2, 0.25) is 0 Å². The summed E-state index contributed by atoms with van der Waals surface area (Å²) in [5, 5.41) is 9.48. The molecule has 1 N–H and O–H groups in total. The maximum Gasteiger partial charge on any atom is 0.149 e. The Hall–Kier alpha value is -0.870. The molecule has 0 aromatic heterocycles. The summed E-state index contributed by atoms with van der Waals surface area (Å²) in [6.45, 7) is 0. The molecule has 1 atom stereocenters. The molecule has 0 saturated carbocycles. The van der Waals surface area contributed by atoms with E-state index in [0.29, 0.717) is 6.42 Å². The van der Waals surface area contributed by atoms with Crippen LogP contribution in [0.2, 0.25) is 0 Å². The molecule has 90 valence electrons. The first kappa shape index (κ1) is 13.2. The van der Waals surface area contributed by atoms with E-state index in [4.69, 9.17) is 0 Å². The third-order valence-corrected chi connectivity index (χ3v) is 3.33. The molecular weight excluding hydrogens is 224 g/mol. The largest absolute Gasteiger partial charge is 0.392 e. The van der Waals surface area contributed by atoms with Crippen LogP contribution in [-0.2, 0) is 16.3 Å². The minimum absolute atomic E-state index is 0.137. The highest BCUT2D eigenvalue weighted by Gasteiger charge is 2.11. The number of aryl methyl sites for hydroxylation is 1. The van der Waals surface area contributed by atoms with Crippen molar-refractivity contribution < 1.29 is 13.5 Å². The second-order valence-electron chi connectivity index (χ2n) is 4.12. The number of hydrogen-bond donors (Lipinski definition) is 1. The van der Waals surface area contributed by atoms with Crippen LogP contribution in [0.3, 0.4) is 0 Å². The first-order valence-corrected chi connectivity index (χ1v) is 7.43. The second kappa shape index (κ2) is 6.01. The van der Waals surface area contributed by atoms with Gasteiger partial charge in [0.05, 0.1) is 11.9 Å². The third kappa shape index (κ3) is 5.88. The lowest BCUT2D eigenvalue weighted by atomic mass is 10.1. The maximum absolute atomic E-state index is 10.9. The lowest BCUT2D eigenvalue weighted by Crippen LogP contribution is -2.19. The standard InChI is InChI=1S/C12H18O3S/c1-16(14,15)10-12(13)9-5-8-11-6-3-2-4-7-11/h2-4,6-7,12-13H,5,8-10H2,1H3/t12-/m1/s1. The molecular formula is C12H18O3S. The van der Waals surface area contributed by atoms with Gasteiger partial charge in [0.15, 0.2) is 0 Å². The summed E-state index contributed by atoms with van der Waals surface area (Å²) in [6, 6.07) is 9.97. The minimum Gasteiger partial charge on any atom is -0.392 e. The molecule has 1 aromatic rings. The number of rotatable bonds is 6. The summed E-state index contributed by atoms with van der Waals surface area (Å²) in [7, 11) is -3.07. The summed E-state index contributed by atoms with van der Waals surface area (Å²) >= 11 is 0. The molecule has 0 spiro atoms. The van der Waals surface area contributed by atoms with Crippen LogP contribution in [0, 0.1) is 0 Å². The third-order valence-electron chi connectivity index (χ3n) is 2.34. The molecule has 0 amide bonds. The summed E-state index contributed by atoms with van der Waals surface area (Å²) < 4.78 is 21.8. The van der Waals surface area contributed by atoms with Crippen LogP contribution >= 0.6 is 0 Å². The Kier molecular flexibility index (Phi) is 4.96. The van der Waals surface area contributed by atoms with Gasteiger partial charge >= 0.3 is 0 Å². The lowest BCUT2D eigenvalue weighted by Gasteiger charge is -2.08. The number of aliphatic hydroxyl groups is 1. The number of aliphatic hydroxyl groups excluding tert-OH is 1. The van der Waals surface area contributed by atoms with E-state index in [1.165, 1.54) is 5.56 Å². The van der Waals surface area contributed by atoms with E-state index >= 15 is 0 Å². The molecule has 0 radical (unpaired) electrons. The predicted molar refractivity (Wildman–Crippen MR) is 65.1 cm³/mol. The number of benzene rings is 1. The molecule has 4 heteroatoms. The van der Waals surface area contributed by atoms with E-state index in [0.717, 1.165) is 19.1 Å². The Morgan fingerprint density at radius 2 is 1.88 bits per heavy atom. The molecule has 0 aliphatic rings. The van der Waals surface area contributed by atoms with Gasteiger partial charge in [-0.05, 0) is 24.8 Å². The predicted octanol–water partition coefficient (Wildman–Crippen LogP) is 1.41. The van der Waals surface area contributed by atoms with E-state index in [1.807, 2.05) is 30.3 Å². The van der Waals surface area contributed by atoms with Crippen LogP contribution in [0.5, 0.6) is 0 Å². The Morgan fingerprint density at radius 1 is 1.25 bits per heavy atom. The molecule has 0 aliphatic heterocycles. The zero-order chi connectivity index (χ0) is 12.0. The van der Waals surface area contributed by atoms with Crippen molar-refractivity contribution in [3.8, 4) is 0 Å². The zero-order valence-electron chi connectivity index (χ0n) is 9.46. The summed E-state index contributed by atoms with van der Waals surface area (Å²) in [5.41, 5.74) is 1.22. The topological polar surface area (TPSA) is 54.4 Å². The van der Waals surface area contributed by atoms with Gasteiger partial charge in [0.1, 0.15) is 9.84 Å². The Morgan fingerprint density at radius 3 is 2.44 bits per heavy atom. The van der Waals surface area contributed by atoms with Gasteiger partial charge in [-0.2, -0.15) is 0 Å². The number of hydrogen-bond acceptors (Lipinski definition) is 3. The van der Waals surface area contributed by atoms with Crippen molar-refractivity contribution >= 4 is 9.84 Å². The zero-order valence-corrected chi connectivity index (χ0v) is 10.3. The first-order valence-electron chi connectivity index (χ1n) is 5.37. The van der Waals surface area contributed by atoms with E-state index in [-0.39, 0.29) is 5.75 Å². The normalized spacial score (nSPS) is 13.6. The van der Waals surface area contributed by atoms with Crippen molar-refractivity contribution in [2.24, 2.45) is 0 Å². The highest BCUT2D eigenvalue weighted by Crippen LogP contribution is 2.07. The van der Waals surface area contributed by atoms with Crippen LogP contribution in [0.25, 0.3) is 0 Å². The fraction of sp³-hybridized carbons (Fsp3) is 0.500. The molecule has 16 heavy (non-hydrogen) atoms. The average Bonchev–Trinajstić information content (AvgIpc) is 2.16. The van der Waals surface area contributed by atoms with Crippen molar-refractivity contribution in [3.05, 3.63) is 35.9 Å². The fourth-order valence-corrected chi connectivity index (χ4v) is 2.48. The fourth-order valence-electron chi connectivity index (χ4n) is 1.62. The van der Waals surface area contributed by atoms with Crippen molar-refractivity contribution in [1.82, 2.24) is 0 Å². The second-order valence-corrected chi connectivity index (χ2v) is 6.31. The molecule has 0 unspecified atom stereocenters. The SMILES string of the molecule is CS(=O)(=O)C[C@H](O)CCCc1ccccc1. The molecule has 0 fully saturated rings. The van der Waals surface area contributed by atoms with Crippen LogP contribution in [-0.4, -0.2) is 31.6 Å². The number of sulfone groups is 1. The van der Waals surface area contributed by atoms with E-state index in [1.54, 1.807) is 0 Å². The van der Waals surface area contributed by atoms with Gasteiger partial charge in [-0.15, -0.1) is 0 Å². The van der Waals surface area contributed by atoms with Crippen LogP contribution in [0.1, 0.15) is 18.4 Å². The quantitative estimate of drug-likeness (QED) is 0.820. The van der Waals surface area contributed by atoms with Crippen molar-refractivity contribution in [1.29, 1.82) is 0 Å². The van der Waals surface area contributed by atoms with Gasteiger partial charge in [-0.1, -0.05) is 30.3 Å². The van der Waals surface area contributed by atoms with Gasteiger partial charge in [-0.25, -0.2) is 8.42 Å². The van der Waals surface area contributed by atoms with E-state index in [2.05, 4.69) is 0 Å². The van der Waals surface area contributed by atoms with Crippen LogP contribution in [0.15, 0.2) is 30.3 Å². The maximum atomic E-state index is 10.9. The van der Waals surface area contributed by atoms with E-state index < -0.39 is 15.9 Å². The van der Waals surface area contributed by atoms with Gasteiger partial charge < -0.3 is 5.11 Å². The highest BCUT2D eigenvalue weighted by atomic mass is 32.2. The van der Waals surface area contributed by atoms with Crippen LogP contribution < -0.4 is 0 Å². The van der Waals surface area contributed by atoms with Gasteiger partial charge in [0, 0.05) is 6.26 Å². The minimum atomic E-state index is -3.07. The Balaban J connectivity index is 2.26. The van der Waals surface area contributed by atoms with Crippen molar-refractivity contribution in [3.63, 3.8) is 0 Å². The molecule has 0 bridgehead atoms. The Bertz CT molecular complexity index is 398. The van der Waals surface area contributed by atoms with E-state index in [9.17, 15) is 13.5 Å². The summed E-state index contributed by atoms with van der Waals surface area (Å²) in [5.74, 6) is -0.137. The summed E-state index contributed by atoms with van der Waals surface area (Å²) in [6.07, 6.45) is 2.62. The smallest absolute Gasteiger partial charge is 0.149 e. The Labute approximate surface area is 97.0 Å². The molecule has 1 aromatic carbocycles. The average molecular weight is 242 g/mol. The molecule has 0 aliphatic carbocycles. The summed E-state index contributed by atoms with van der Waals surface area (Å²) in [4.78, 5) is 0. The molecule has 0 saturated heterocycles. The highest BCUT2D eigenvalue weighted by molar-refractivity contribution is 7.90. The molecule has 0 heterocycles. The molecule has 3 nitrogen and oxygen atoms in total. The van der Waals surface area contributed by atoms with Crippen LogP contribution in [0.4, 0.5) is 0 Å². The lowest BCUT2D eigenvalue weighted by molar-refractivity contribution is 0.184. The van der Waals surface area contributed by atoms with Crippen molar-refractivity contribution in [2.45, 2.75) is 25.4 Å².